The van der Waals surface area contributed by atoms with Gasteiger partial charge in [-0.25, -0.2) is 0 Å². The van der Waals surface area contributed by atoms with Gasteiger partial charge in [0.15, 0.2) is 0 Å². The second-order valence-corrected chi connectivity index (χ2v) is 5.18. The minimum absolute atomic E-state index is 0.725. The molecule has 0 saturated heterocycles. The first kappa shape index (κ1) is 13.6. The van der Waals surface area contributed by atoms with Crippen LogP contribution in [0.15, 0.2) is 10.5 Å². The van der Waals surface area contributed by atoms with E-state index in [1.54, 1.807) is 7.11 Å². The summed E-state index contributed by atoms with van der Waals surface area (Å²) in [6, 6.07) is 2.90. The topological polar surface area (TPSA) is 37.6 Å². The van der Waals surface area contributed by atoms with Crippen molar-refractivity contribution in [2.45, 2.75) is 38.9 Å². The highest BCUT2D eigenvalue weighted by molar-refractivity contribution is 5.20. The third kappa shape index (κ3) is 4.12. The molecule has 1 aliphatic carbocycles. The van der Waals surface area contributed by atoms with Crippen molar-refractivity contribution in [3.8, 4) is 0 Å². The number of likely N-dealkylation sites (N-methyl/N-ethyl adjacent to an activating group) is 1. The highest BCUT2D eigenvalue weighted by Crippen LogP contribution is 2.21. The van der Waals surface area contributed by atoms with Crippen LogP contribution in [0.5, 0.6) is 0 Å². The largest absolute Gasteiger partial charge is 0.465 e. The number of methoxy groups -OCH3 is 1. The van der Waals surface area contributed by atoms with E-state index in [9.17, 15) is 0 Å². The molecule has 0 unspecified atom stereocenters. The number of furan rings is 1. The number of rotatable bonds is 8. The maximum Gasteiger partial charge on any atom is 0.118 e. The average Bonchev–Trinajstić information content (AvgIpc) is 3.11. The van der Waals surface area contributed by atoms with Crippen molar-refractivity contribution >= 4 is 0 Å². The van der Waals surface area contributed by atoms with Crippen LogP contribution in [0.1, 0.15) is 29.9 Å². The minimum Gasteiger partial charge on any atom is -0.465 e. The van der Waals surface area contributed by atoms with E-state index in [1.807, 2.05) is 6.92 Å². The van der Waals surface area contributed by atoms with Gasteiger partial charge < -0.3 is 14.5 Å². The lowest BCUT2D eigenvalue weighted by Crippen LogP contribution is -2.22. The molecule has 0 aromatic carbocycles. The first-order valence-electron chi connectivity index (χ1n) is 6.68. The fourth-order valence-electron chi connectivity index (χ4n) is 1.98. The molecule has 1 aromatic heterocycles. The van der Waals surface area contributed by atoms with E-state index < -0.39 is 0 Å². The predicted octanol–water partition coefficient (Wildman–Crippen LogP) is 1.92. The average molecular weight is 252 g/mol. The third-order valence-electron chi connectivity index (χ3n) is 3.33. The van der Waals surface area contributed by atoms with Gasteiger partial charge in [0.05, 0.1) is 13.2 Å². The van der Waals surface area contributed by atoms with E-state index in [0.717, 1.165) is 43.8 Å². The van der Waals surface area contributed by atoms with Crippen molar-refractivity contribution in [3.05, 3.63) is 23.2 Å². The quantitative estimate of drug-likeness (QED) is 0.767. The van der Waals surface area contributed by atoms with Gasteiger partial charge in [-0.3, -0.25) is 4.90 Å². The summed E-state index contributed by atoms with van der Waals surface area (Å²) in [4.78, 5) is 2.25. The van der Waals surface area contributed by atoms with Crippen molar-refractivity contribution in [1.82, 2.24) is 10.2 Å². The molecule has 4 nitrogen and oxygen atoms in total. The Balaban J connectivity index is 1.82. The maximum atomic E-state index is 5.78. The molecule has 0 atom stereocenters. The number of nitrogens with one attached hydrogen (secondary N) is 1. The van der Waals surface area contributed by atoms with Gasteiger partial charge in [0.25, 0.3) is 0 Å². The standard InChI is InChI=1S/C14H24N2O2/c1-11-12(10-16(2)6-7-17-3)8-14(18-11)9-15-13-4-5-13/h8,13,15H,4-7,9-10H2,1-3H3. The number of aryl methyl sites for hydroxylation is 1. The minimum atomic E-state index is 0.725. The SMILES string of the molecule is COCCN(C)Cc1cc(CNC2CC2)oc1C. The molecule has 18 heavy (non-hydrogen) atoms. The lowest BCUT2D eigenvalue weighted by atomic mass is 10.2. The zero-order chi connectivity index (χ0) is 13.0. The molecule has 4 heteroatoms. The third-order valence-corrected chi connectivity index (χ3v) is 3.33. The Morgan fingerprint density at radius 1 is 1.50 bits per heavy atom. The van der Waals surface area contributed by atoms with Gasteiger partial charge in [0.1, 0.15) is 11.5 Å². The van der Waals surface area contributed by atoms with Crippen molar-refractivity contribution in [2.24, 2.45) is 0 Å². The molecule has 1 N–H and O–H groups in total. The second-order valence-electron chi connectivity index (χ2n) is 5.18. The number of hydrogen-bond donors (Lipinski definition) is 1. The molecule has 0 radical (unpaired) electrons. The number of ether oxygens (including phenoxy) is 1. The van der Waals surface area contributed by atoms with E-state index in [1.165, 1.54) is 18.4 Å². The van der Waals surface area contributed by atoms with Crippen molar-refractivity contribution in [3.63, 3.8) is 0 Å². The summed E-state index contributed by atoms with van der Waals surface area (Å²) >= 11 is 0. The summed E-state index contributed by atoms with van der Waals surface area (Å²) in [7, 11) is 3.84. The molecule has 1 fully saturated rings. The summed E-state index contributed by atoms with van der Waals surface area (Å²) in [6.45, 7) is 5.52. The van der Waals surface area contributed by atoms with Gasteiger partial charge in [0, 0.05) is 31.8 Å². The summed E-state index contributed by atoms with van der Waals surface area (Å²) in [5.74, 6) is 2.08. The van der Waals surface area contributed by atoms with Gasteiger partial charge in [-0.1, -0.05) is 0 Å². The zero-order valence-corrected chi connectivity index (χ0v) is 11.7. The molecule has 2 rings (SSSR count). The van der Waals surface area contributed by atoms with Crippen LogP contribution in [-0.2, 0) is 17.8 Å². The first-order valence-corrected chi connectivity index (χ1v) is 6.68. The Kier molecular flexibility index (Phi) is 4.80. The van der Waals surface area contributed by atoms with Gasteiger partial charge >= 0.3 is 0 Å². The molecular weight excluding hydrogens is 228 g/mol. The van der Waals surface area contributed by atoms with E-state index >= 15 is 0 Å². The molecule has 1 aliphatic rings. The number of hydrogen-bond acceptors (Lipinski definition) is 4. The van der Waals surface area contributed by atoms with Crippen LogP contribution in [0.4, 0.5) is 0 Å². The van der Waals surface area contributed by atoms with E-state index in [2.05, 4.69) is 23.3 Å². The summed E-state index contributed by atoms with van der Waals surface area (Å²) in [5, 5.41) is 3.47. The van der Waals surface area contributed by atoms with Gasteiger partial charge in [-0.15, -0.1) is 0 Å². The molecular formula is C14H24N2O2. The van der Waals surface area contributed by atoms with Crippen LogP contribution >= 0.6 is 0 Å². The van der Waals surface area contributed by atoms with Crippen LogP contribution in [0.2, 0.25) is 0 Å². The second kappa shape index (κ2) is 6.36. The van der Waals surface area contributed by atoms with Gasteiger partial charge in [-0.05, 0) is 32.9 Å². The summed E-state index contributed by atoms with van der Waals surface area (Å²) < 4.78 is 10.9. The smallest absolute Gasteiger partial charge is 0.118 e. The molecule has 1 saturated carbocycles. The molecule has 102 valence electrons. The lowest BCUT2D eigenvalue weighted by Gasteiger charge is -2.14. The van der Waals surface area contributed by atoms with Crippen LogP contribution in [0.3, 0.4) is 0 Å². The maximum absolute atomic E-state index is 5.78. The molecule has 0 aliphatic heterocycles. The fraction of sp³-hybridized carbons (Fsp3) is 0.714. The van der Waals surface area contributed by atoms with E-state index in [0.29, 0.717) is 0 Å². The van der Waals surface area contributed by atoms with Crippen LogP contribution < -0.4 is 5.32 Å². The number of nitrogens with zero attached hydrogens (tertiary/aromatic N) is 1. The zero-order valence-electron chi connectivity index (χ0n) is 11.7. The van der Waals surface area contributed by atoms with Crippen LogP contribution in [0.25, 0.3) is 0 Å². The van der Waals surface area contributed by atoms with E-state index in [-0.39, 0.29) is 0 Å². The fourth-order valence-corrected chi connectivity index (χ4v) is 1.98. The Hall–Kier alpha value is -0.840. The monoisotopic (exact) mass is 252 g/mol. The normalized spacial score (nSPS) is 15.6. The molecule has 0 amide bonds. The molecule has 1 aromatic rings. The van der Waals surface area contributed by atoms with Gasteiger partial charge in [0.2, 0.25) is 0 Å². The van der Waals surface area contributed by atoms with Crippen molar-refractivity contribution in [1.29, 1.82) is 0 Å². The van der Waals surface area contributed by atoms with Gasteiger partial charge in [-0.2, -0.15) is 0 Å². The summed E-state index contributed by atoms with van der Waals surface area (Å²) in [6.07, 6.45) is 2.62. The lowest BCUT2D eigenvalue weighted by molar-refractivity contribution is 0.158. The summed E-state index contributed by atoms with van der Waals surface area (Å²) in [5.41, 5.74) is 1.28. The van der Waals surface area contributed by atoms with Crippen molar-refractivity contribution < 1.29 is 9.15 Å². The highest BCUT2D eigenvalue weighted by atomic mass is 16.5. The Morgan fingerprint density at radius 2 is 2.28 bits per heavy atom. The Morgan fingerprint density at radius 3 is 2.94 bits per heavy atom. The van der Waals surface area contributed by atoms with Crippen LogP contribution in [0, 0.1) is 6.92 Å². The predicted molar refractivity (Wildman–Crippen MR) is 71.5 cm³/mol. The molecule has 0 bridgehead atoms. The van der Waals surface area contributed by atoms with Crippen LogP contribution in [-0.4, -0.2) is 38.3 Å². The van der Waals surface area contributed by atoms with E-state index in [4.69, 9.17) is 9.15 Å². The molecule has 1 heterocycles. The Labute approximate surface area is 109 Å². The van der Waals surface area contributed by atoms with Crippen molar-refractivity contribution in [2.75, 3.05) is 27.3 Å². The Bertz CT molecular complexity index is 372. The first-order chi connectivity index (χ1) is 8.69. The highest BCUT2D eigenvalue weighted by Gasteiger charge is 2.20. The molecule has 0 spiro atoms.